The Labute approximate surface area is 162 Å². The lowest BCUT2D eigenvalue weighted by Gasteiger charge is -2.34. The first-order valence-corrected chi connectivity index (χ1v) is 9.23. The Hall–Kier alpha value is -3.22. The number of fused-ring (bicyclic) bond motifs is 1. The number of benzene rings is 1. The summed E-state index contributed by atoms with van der Waals surface area (Å²) in [6.07, 6.45) is 1.75. The van der Waals surface area contributed by atoms with Crippen LogP contribution in [0.1, 0.15) is 32.1 Å². The number of carbonyl (C=O) groups is 2. The maximum Gasteiger partial charge on any atom is 0.274 e. The maximum atomic E-state index is 13.7. The Morgan fingerprint density at radius 2 is 1.64 bits per heavy atom. The maximum absolute atomic E-state index is 13.7. The van der Waals surface area contributed by atoms with Crippen molar-refractivity contribution < 1.29 is 14.0 Å². The largest absolute Gasteiger partial charge is 0.335 e. The molecule has 0 aliphatic carbocycles. The van der Waals surface area contributed by atoms with Gasteiger partial charge in [0, 0.05) is 43.6 Å². The molecule has 0 N–H and O–H groups in total. The van der Waals surface area contributed by atoms with Crippen LogP contribution in [0.2, 0.25) is 0 Å². The molecule has 0 bridgehead atoms. The van der Waals surface area contributed by atoms with Crippen LogP contribution < -0.4 is 0 Å². The lowest BCUT2D eigenvalue weighted by Crippen LogP contribution is -2.50. The Morgan fingerprint density at radius 1 is 0.964 bits per heavy atom. The summed E-state index contributed by atoms with van der Waals surface area (Å²) >= 11 is 0. The van der Waals surface area contributed by atoms with Crippen molar-refractivity contribution in [2.45, 2.75) is 13.8 Å². The number of carbonyl (C=O) groups excluding carboxylic acids is 2. The van der Waals surface area contributed by atoms with Crippen LogP contribution in [-0.2, 0) is 0 Å². The number of amides is 2. The molecule has 2 amide bonds. The summed E-state index contributed by atoms with van der Waals surface area (Å²) in [6.45, 7) is 5.28. The van der Waals surface area contributed by atoms with Crippen LogP contribution in [0.25, 0.3) is 5.65 Å². The predicted octanol–water partition coefficient (Wildman–Crippen LogP) is 2.69. The summed E-state index contributed by atoms with van der Waals surface area (Å²) in [6, 6.07) is 10.2. The number of piperazine rings is 1. The number of rotatable bonds is 2. The smallest absolute Gasteiger partial charge is 0.274 e. The molecule has 7 heteroatoms. The average molecular weight is 380 g/mol. The standard InChI is InChI=1S/C21H21FN4O2/c1-14-6-7-16(12-17(14)22)20(27)24-8-10-25(11-9-24)21(28)18-13-26-15(2)4-3-5-19(26)23-18/h3-7,12-13H,8-11H2,1-2H3. The molecule has 0 radical (unpaired) electrons. The molecule has 0 spiro atoms. The first-order chi connectivity index (χ1) is 13.4. The van der Waals surface area contributed by atoms with Gasteiger partial charge in [-0.1, -0.05) is 12.1 Å². The molecular formula is C21H21FN4O2. The highest BCUT2D eigenvalue weighted by molar-refractivity contribution is 5.95. The zero-order valence-corrected chi connectivity index (χ0v) is 15.9. The van der Waals surface area contributed by atoms with E-state index in [0.717, 1.165) is 11.3 Å². The zero-order chi connectivity index (χ0) is 19.8. The van der Waals surface area contributed by atoms with Crippen LogP contribution in [0.15, 0.2) is 42.6 Å². The molecule has 0 atom stereocenters. The monoisotopic (exact) mass is 380 g/mol. The van der Waals surface area contributed by atoms with Gasteiger partial charge in [0.15, 0.2) is 0 Å². The van der Waals surface area contributed by atoms with Gasteiger partial charge < -0.3 is 14.2 Å². The van der Waals surface area contributed by atoms with Crippen molar-refractivity contribution in [1.82, 2.24) is 19.2 Å². The molecular weight excluding hydrogens is 359 g/mol. The number of hydrogen-bond donors (Lipinski definition) is 0. The first-order valence-electron chi connectivity index (χ1n) is 9.23. The average Bonchev–Trinajstić information content (AvgIpc) is 3.15. The van der Waals surface area contributed by atoms with Crippen molar-refractivity contribution in [3.8, 4) is 0 Å². The SMILES string of the molecule is Cc1ccc(C(=O)N2CCN(C(=O)c3cn4c(C)cccc4n3)CC2)cc1F. The summed E-state index contributed by atoms with van der Waals surface area (Å²) in [5, 5.41) is 0. The third-order valence-electron chi connectivity index (χ3n) is 5.19. The van der Waals surface area contributed by atoms with Crippen LogP contribution >= 0.6 is 0 Å². The minimum atomic E-state index is -0.387. The van der Waals surface area contributed by atoms with E-state index in [1.807, 2.05) is 29.5 Å². The molecule has 0 unspecified atom stereocenters. The first kappa shape index (κ1) is 18.2. The van der Waals surface area contributed by atoms with E-state index in [0.29, 0.717) is 43.0 Å². The van der Waals surface area contributed by atoms with Crippen molar-refractivity contribution in [2.75, 3.05) is 26.2 Å². The van der Waals surface area contributed by atoms with Crippen LogP contribution in [0, 0.1) is 19.7 Å². The molecule has 28 heavy (non-hydrogen) atoms. The molecule has 1 fully saturated rings. The minimum absolute atomic E-state index is 0.142. The molecule has 3 heterocycles. The summed E-state index contributed by atoms with van der Waals surface area (Å²) < 4.78 is 15.6. The van der Waals surface area contributed by atoms with E-state index in [1.54, 1.807) is 35.1 Å². The molecule has 0 saturated carbocycles. The third-order valence-corrected chi connectivity index (χ3v) is 5.19. The molecule has 6 nitrogen and oxygen atoms in total. The Balaban J connectivity index is 1.44. The summed E-state index contributed by atoms with van der Waals surface area (Å²) in [7, 11) is 0. The Kier molecular flexibility index (Phi) is 4.58. The highest BCUT2D eigenvalue weighted by Gasteiger charge is 2.27. The second-order valence-corrected chi connectivity index (χ2v) is 7.07. The van der Waals surface area contributed by atoms with Gasteiger partial charge in [-0.25, -0.2) is 9.37 Å². The van der Waals surface area contributed by atoms with Gasteiger partial charge >= 0.3 is 0 Å². The fraction of sp³-hybridized carbons (Fsp3) is 0.286. The van der Waals surface area contributed by atoms with Gasteiger partial charge in [0.25, 0.3) is 11.8 Å². The van der Waals surface area contributed by atoms with Crippen molar-refractivity contribution in [3.63, 3.8) is 0 Å². The molecule has 1 aromatic carbocycles. The van der Waals surface area contributed by atoms with Crippen LogP contribution in [-0.4, -0.2) is 57.2 Å². The van der Waals surface area contributed by atoms with E-state index in [2.05, 4.69) is 4.98 Å². The number of nitrogens with zero attached hydrogens (tertiary/aromatic N) is 4. The van der Waals surface area contributed by atoms with E-state index < -0.39 is 0 Å². The van der Waals surface area contributed by atoms with Gasteiger partial charge in [-0.2, -0.15) is 0 Å². The second kappa shape index (κ2) is 7.07. The van der Waals surface area contributed by atoms with E-state index in [-0.39, 0.29) is 17.6 Å². The van der Waals surface area contributed by atoms with Crippen molar-refractivity contribution in [2.24, 2.45) is 0 Å². The number of hydrogen-bond acceptors (Lipinski definition) is 3. The highest BCUT2D eigenvalue weighted by atomic mass is 19.1. The fourth-order valence-electron chi connectivity index (χ4n) is 3.43. The predicted molar refractivity (Wildman–Crippen MR) is 103 cm³/mol. The molecule has 1 aliphatic rings. The minimum Gasteiger partial charge on any atom is -0.335 e. The molecule has 2 aromatic heterocycles. The molecule has 3 aromatic rings. The zero-order valence-electron chi connectivity index (χ0n) is 15.9. The van der Waals surface area contributed by atoms with Crippen LogP contribution in [0.4, 0.5) is 4.39 Å². The number of aryl methyl sites for hydroxylation is 2. The number of pyridine rings is 1. The second-order valence-electron chi connectivity index (χ2n) is 7.07. The van der Waals surface area contributed by atoms with E-state index in [1.165, 1.54) is 6.07 Å². The van der Waals surface area contributed by atoms with Crippen molar-refractivity contribution in [1.29, 1.82) is 0 Å². The third kappa shape index (κ3) is 3.24. The van der Waals surface area contributed by atoms with Crippen molar-refractivity contribution in [3.05, 3.63) is 70.9 Å². The summed E-state index contributed by atoms with van der Waals surface area (Å²) in [5.74, 6) is -0.743. The van der Waals surface area contributed by atoms with E-state index in [4.69, 9.17) is 0 Å². The molecule has 4 rings (SSSR count). The highest BCUT2D eigenvalue weighted by Crippen LogP contribution is 2.15. The van der Waals surface area contributed by atoms with Crippen LogP contribution in [0.5, 0.6) is 0 Å². The summed E-state index contributed by atoms with van der Waals surface area (Å²) in [5.41, 5.74) is 2.98. The van der Waals surface area contributed by atoms with Crippen molar-refractivity contribution >= 4 is 17.5 Å². The van der Waals surface area contributed by atoms with E-state index >= 15 is 0 Å². The Bertz CT molecular complexity index is 1070. The number of aromatic nitrogens is 2. The lowest BCUT2D eigenvalue weighted by molar-refractivity contribution is 0.0532. The normalized spacial score (nSPS) is 14.5. The Morgan fingerprint density at radius 3 is 2.29 bits per heavy atom. The van der Waals surface area contributed by atoms with Gasteiger partial charge in [0.2, 0.25) is 0 Å². The number of imidazole rings is 1. The van der Waals surface area contributed by atoms with Gasteiger partial charge in [0.05, 0.1) is 0 Å². The fourth-order valence-corrected chi connectivity index (χ4v) is 3.43. The van der Waals surface area contributed by atoms with Gasteiger partial charge in [0.1, 0.15) is 17.2 Å². The molecule has 144 valence electrons. The quantitative estimate of drug-likeness (QED) is 0.687. The number of halogens is 1. The van der Waals surface area contributed by atoms with Crippen LogP contribution in [0.3, 0.4) is 0 Å². The van der Waals surface area contributed by atoms with E-state index in [9.17, 15) is 14.0 Å². The van der Waals surface area contributed by atoms with Gasteiger partial charge in [-0.3, -0.25) is 9.59 Å². The van der Waals surface area contributed by atoms with Gasteiger partial charge in [-0.05, 0) is 43.7 Å². The molecule has 1 saturated heterocycles. The summed E-state index contributed by atoms with van der Waals surface area (Å²) in [4.78, 5) is 33.2. The topological polar surface area (TPSA) is 57.9 Å². The lowest BCUT2D eigenvalue weighted by atomic mass is 10.1. The van der Waals surface area contributed by atoms with Gasteiger partial charge in [-0.15, -0.1) is 0 Å². The molecule has 1 aliphatic heterocycles.